The first-order valence-electron chi connectivity index (χ1n) is 7.44. The van der Waals surface area contributed by atoms with Crippen molar-refractivity contribution in [3.05, 3.63) is 24.3 Å². The molecular formula is C13H18N6O2S. The smallest absolute Gasteiger partial charge is 0.246 e. The minimum absolute atomic E-state index is 0.0615. The Bertz CT molecular complexity index is 791. The summed E-state index contributed by atoms with van der Waals surface area (Å²) in [5.41, 5.74) is 1.04. The third kappa shape index (κ3) is 2.34. The van der Waals surface area contributed by atoms with E-state index in [0.717, 1.165) is 12.1 Å². The predicted molar refractivity (Wildman–Crippen MR) is 77.6 cm³/mol. The molecule has 0 unspecified atom stereocenters. The van der Waals surface area contributed by atoms with Gasteiger partial charge in [0, 0.05) is 38.4 Å². The normalized spacial score (nSPS) is 23.2. The van der Waals surface area contributed by atoms with E-state index < -0.39 is 10.0 Å². The molecule has 22 heavy (non-hydrogen) atoms. The molecule has 0 spiro atoms. The molecule has 0 aromatic carbocycles. The lowest BCUT2D eigenvalue weighted by atomic mass is 10.2. The second-order valence-electron chi connectivity index (χ2n) is 6.05. The molecule has 9 heteroatoms. The largest absolute Gasteiger partial charge is 0.274 e. The first-order valence-corrected chi connectivity index (χ1v) is 8.88. The zero-order valence-corrected chi connectivity index (χ0v) is 13.1. The molecule has 0 bridgehead atoms. The topological polar surface area (TPSA) is 85.9 Å². The summed E-state index contributed by atoms with van der Waals surface area (Å²) in [6, 6.07) is 0.0615. The minimum Gasteiger partial charge on any atom is -0.274 e. The molecule has 1 saturated heterocycles. The van der Waals surface area contributed by atoms with Crippen LogP contribution in [-0.2, 0) is 17.1 Å². The molecule has 1 atom stereocenters. The van der Waals surface area contributed by atoms with Gasteiger partial charge in [-0.25, -0.2) is 13.1 Å². The van der Waals surface area contributed by atoms with E-state index in [2.05, 4.69) is 15.4 Å². The van der Waals surface area contributed by atoms with Gasteiger partial charge in [0.1, 0.15) is 4.90 Å². The van der Waals surface area contributed by atoms with Gasteiger partial charge in [0.25, 0.3) is 0 Å². The van der Waals surface area contributed by atoms with Gasteiger partial charge in [-0.15, -0.1) is 5.10 Å². The summed E-state index contributed by atoms with van der Waals surface area (Å²) in [7, 11) is -1.76. The van der Waals surface area contributed by atoms with Crippen LogP contribution in [0.15, 0.2) is 23.5 Å². The molecule has 0 amide bonds. The van der Waals surface area contributed by atoms with Gasteiger partial charge in [-0.3, -0.25) is 4.68 Å². The minimum atomic E-state index is -3.47. The number of hydrogen-bond donors (Lipinski definition) is 0. The third-order valence-corrected chi connectivity index (χ3v) is 6.16. The maximum absolute atomic E-state index is 12.6. The van der Waals surface area contributed by atoms with Gasteiger partial charge in [0.2, 0.25) is 10.0 Å². The van der Waals surface area contributed by atoms with E-state index in [-0.39, 0.29) is 10.9 Å². The van der Waals surface area contributed by atoms with E-state index in [9.17, 15) is 8.42 Å². The van der Waals surface area contributed by atoms with E-state index in [1.165, 1.54) is 34.2 Å². The zero-order valence-electron chi connectivity index (χ0n) is 12.3. The average Bonchev–Trinajstić information content (AvgIpc) is 2.95. The van der Waals surface area contributed by atoms with Crippen molar-refractivity contribution in [3.8, 4) is 0 Å². The van der Waals surface area contributed by atoms with Crippen molar-refractivity contribution in [2.75, 3.05) is 13.1 Å². The zero-order chi connectivity index (χ0) is 15.3. The fraction of sp³-hybridized carbons (Fsp3) is 0.615. The first kappa shape index (κ1) is 13.9. The number of hydrogen-bond acceptors (Lipinski definition) is 5. The second kappa shape index (κ2) is 4.88. The number of aromatic nitrogens is 5. The van der Waals surface area contributed by atoms with Crippen molar-refractivity contribution in [3.63, 3.8) is 0 Å². The highest BCUT2D eigenvalue weighted by Gasteiger charge is 2.35. The number of aryl methyl sites for hydroxylation is 1. The summed E-state index contributed by atoms with van der Waals surface area (Å²) >= 11 is 0. The van der Waals surface area contributed by atoms with Crippen LogP contribution in [0.2, 0.25) is 0 Å². The molecule has 1 aliphatic heterocycles. The number of sulfonamides is 1. The van der Waals surface area contributed by atoms with Crippen molar-refractivity contribution >= 4 is 10.0 Å². The van der Waals surface area contributed by atoms with E-state index >= 15 is 0 Å². The summed E-state index contributed by atoms with van der Waals surface area (Å²) in [4.78, 5) is 0.243. The SMILES string of the molecule is Cn1cc(S(=O)(=O)N2CC[C@@H](n3cc(C4CC4)nn3)C2)cn1. The fourth-order valence-electron chi connectivity index (χ4n) is 2.86. The number of rotatable bonds is 4. The summed E-state index contributed by atoms with van der Waals surface area (Å²) in [5, 5.41) is 12.3. The van der Waals surface area contributed by atoms with Gasteiger partial charge < -0.3 is 0 Å². The Morgan fingerprint density at radius 2 is 2.05 bits per heavy atom. The monoisotopic (exact) mass is 322 g/mol. The lowest BCUT2D eigenvalue weighted by Gasteiger charge is -2.15. The van der Waals surface area contributed by atoms with Crippen LogP contribution in [0, 0.1) is 0 Å². The Morgan fingerprint density at radius 1 is 1.23 bits per heavy atom. The highest BCUT2D eigenvalue weighted by atomic mass is 32.2. The van der Waals surface area contributed by atoms with Crippen LogP contribution in [0.4, 0.5) is 0 Å². The molecule has 118 valence electrons. The molecule has 4 rings (SSSR count). The van der Waals surface area contributed by atoms with Crippen molar-refractivity contribution in [1.29, 1.82) is 0 Å². The molecular weight excluding hydrogens is 304 g/mol. The van der Waals surface area contributed by atoms with E-state index in [0.29, 0.717) is 19.0 Å². The maximum atomic E-state index is 12.6. The predicted octanol–water partition coefficient (Wildman–Crippen LogP) is 0.525. The van der Waals surface area contributed by atoms with Gasteiger partial charge in [-0.2, -0.15) is 9.40 Å². The Kier molecular flexibility index (Phi) is 3.08. The Hall–Kier alpha value is -1.74. The van der Waals surface area contributed by atoms with Gasteiger partial charge in [0.05, 0.1) is 17.9 Å². The van der Waals surface area contributed by atoms with E-state index in [1.54, 1.807) is 7.05 Å². The maximum Gasteiger partial charge on any atom is 0.246 e. The van der Waals surface area contributed by atoms with Crippen molar-refractivity contribution in [1.82, 2.24) is 29.1 Å². The third-order valence-electron chi connectivity index (χ3n) is 4.34. The first-order chi connectivity index (χ1) is 10.5. The van der Waals surface area contributed by atoms with Crippen LogP contribution < -0.4 is 0 Å². The summed E-state index contributed by atoms with van der Waals surface area (Å²) < 4.78 is 30.0. The standard InChI is InChI=1S/C13H18N6O2S/c1-17-8-12(6-14-17)22(20,21)18-5-4-11(7-18)19-9-13(15-16-19)10-2-3-10/h6,8-11H,2-5,7H2,1H3/t11-/m1/s1. The molecule has 2 fully saturated rings. The molecule has 0 N–H and O–H groups in total. The van der Waals surface area contributed by atoms with Crippen LogP contribution >= 0.6 is 0 Å². The number of nitrogens with zero attached hydrogens (tertiary/aromatic N) is 6. The molecule has 8 nitrogen and oxygen atoms in total. The molecule has 2 aromatic rings. The van der Waals surface area contributed by atoms with Gasteiger partial charge >= 0.3 is 0 Å². The van der Waals surface area contributed by atoms with Crippen LogP contribution in [0.1, 0.15) is 36.9 Å². The highest BCUT2D eigenvalue weighted by Crippen LogP contribution is 2.39. The Labute approximate surface area is 128 Å². The van der Waals surface area contributed by atoms with Gasteiger partial charge in [-0.05, 0) is 19.3 Å². The van der Waals surface area contributed by atoms with Crippen molar-refractivity contribution in [2.24, 2.45) is 7.05 Å². The molecule has 1 saturated carbocycles. The fourth-order valence-corrected chi connectivity index (χ4v) is 4.34. The second-order valence-corrected chi connectivity index (χ2v) is 7.99. The summed E-state index contributed by atoms with van der Waals surface area (Å²) in [5.74, 6) is 0.561. The Morgan fingerprint density at radius 3 is 2.73 bits per heavy atom. The van der Waals surface area contributed by atoms with E-state index in [4.69, 9.17) is 0 Å². The Balaban J connectivity index is 1.51. The van der Waals surface area contributed by atoms with Crippen molar-refractivity contribution < 1.29 is 8.42 Å². The summed E-state index contributed by atoms with van der Waals surface area (Å²) in [6.45, 7) is 0.936. The van der Waals surface area contributed by atoms with Crippen LogP contribution in [0.3, 0.4) is 0 Å². The lowest BCUT2D eigenvalue weighted by Crippen LogP contribution is -2.29. The van der Waals surface area contributed by atoms with Gasteiger partial charge in [-0.1, -0.05) is 5.21 Å². The molecule has 3 heterocycles. The average molecular weight is 322 g/mol. The molecule has 2 aromatic heterocycles. The van der Waals surface area contributed by atoms with Crippen LogP contribution in [-0.4, -0.2) is 50.6 Å². The molecule has 2 aliphatic rings. The quantitative estimate of drug-likeness (QED) is 0.819. The molecule has 1 aliphatic carbocycles. The van der Waals surface area contributed by atoms with E-state index in [1.807, 2.05) is 10.9 Å². The molecule has 0 radical (unpaired) electrons. The lowest BCUT2D eigenvalue weighted by molar-refractivity contribution is 0.428. The summed E-state index contributed by atoms with van der Waals surface area (Å²) in [6.07, 6.45) is 8.03. The van der Waals surface area contributed by atoms with Crippen LogP contribution in [0.5, 0.6) is 0 Å². The van der Waals surface area contributed by atoms with Gasteiger partial charge in [0.15, 0.2) is 0 Å². The highest BCUT2D eigenvalue weighted by molar-refractivity contribution is 7.89. The van der Waals surface area contributed by atoms with Crippen LogP contribution in [0.25, 0.3) is 0 Å². The van der Waals surface area contributed by atoms with Crippen molar-refractivity contribution in [2.45, 2.75) is 36.1 Å².